The van der Waals surface area contributed by atoms with Gasteiger partial charge in [-0.05, 0) is 25.1 Å². The predicted octanol–water partition coefficient (Wildman–Crippen LogP) is 4.07. The minimum Gasteiger partial charge on any atom is -0.492 e. The molecular formula is C19H19F2N3O2. The van der Waals surface area contributed by atoms with E-state index in [1.807, 2.05) is 6.92 Å². The van der Waals surface area contributed by atoms with Gasteiger partial charge < -0.3 is 20.5 Å². The van der Waals surface area contributed by atoms with Crippen molar-refractivity contribution >= 4 is 16.6 Å². The van der Waals surface area contributed by atoms with E-state index in [0.29, 0.717) is 34.7 Å². The highest BCUT2D eigenvalue weighted by Crippen LogP contribution is 2.34. The third-order valence-corrected chi connectivity index (χ3v) is 3.69. The molecule has 0 saturated carbocycles. The molecule has 0 amide bonds. The van der Waals surface area contributed by atoms with Crippen molar-refractivity contribution in [2.75, 3.05) is 19.0 Å². The molecule has 3 rings (SSSR count). The van der Waals surface area contributed by atoms with Gasteiger partial charge in [-0.15, -0.1) is 0 Å². The smallest absolute Gasteiger partial charge is 0.198 e. The van der Waals surface area contributed by atoms with Crippen molar-refractivity contribution in [1.82, 2.24) is 4.98 Å². The Morgan fingerprint density at radius 3 is 2.54 bits per heavy atom. The molecule has 0 aliphatic heterocycles. The van der Waals surface area contributed by atoms with Crippen LogP contribution in [0.25, 0.3) is 10.9 Å². The van der Waals surface area contributed by atoms with Crippen molar-refractivity contribution in [3.63, 3.8) is 0 Å². The Hall–Kier alpha value is -2.93. The van der Waals surface area contributed by atoms with Gasteiger partial charge in [0.15, 0.2) is 17.4 Å². The van der Waals surface area contributed by atoms with Crippen LogP contribution in [0.2, 0.25) is 0 Å². The standard InChI is InChI=1S/C19H19F2N3O2/c1-11(22)10-25-13-3-4-14-17(9-13)24-6-5-18(14)26-19-15(20)7-12(23-2)8-16(19)21/h3-9,11,23H,10,22H2,1-2H3. The molecule has 3 N–H and O–H groups in total. The number of benzene rings is 2. The number of aromatic nitrogens is 1. The van der Waals surface area contributed by atoms with Crippen molar-refractivity contribution in [3.8, 4) is 17.2 Å². The molecule has 0 aliphatic rings. The Labute approximate surface area is 149 Å². The molecule has 3 aromatic rings. The van der Waals surface area contributed by atoms with E-state index in [1.54, 1.807) is 31.3 Å². The molecule has 0 aliphatic carbocycles. The van der Waals surface area contributed by atoms with E-state index in [1.165, 1.54) is 18.3 Å². The first-order chi connectivity index (χ1) is 12.5. The van der Waals surface area contributed by atoms with Crippen molar-refractivity contribution in [2.24, 2.45) is 5.73 Å². The summed E-state index contributed by atoms with van der Waals surface area (Å²) in [4.78, 5) is 4.25. The van der Waals surface area contributed by atoms with Crippen LogP contribution < -0.4 is 20.5 Å². The number of nitrogens with two attached hydrogens (primary N) is 1. The maximum absolute atomic E-state index is 14.2. The summed E-state index contributed by atoms with van der Waals surface area (Å²) in [5.41, 5.74) is 6.58. The molecule has 0 fully saturated rings. The average Bonchev–Trinajstić information content (AvgIpc) is 2.62. The fourth-order valence-electron chi connectivity index (χ4n) is 2.42. The summed E-state index contributed by atoms with van der Waals surface area (Å²) in [7, 11) is 1.58. The zero-order chi connectivity index (χ0) is 18.7. The quantitative estimate of drug-likeness (QED) is 0.694. The number of halogens is 2. The normalized spacial score (nSPS) is 12.0. The average molecular weight is 359 g/mol. The molecule has 5 nitrogen and oxygen atoms in total. The number of pyridine rings is 1. The molecule has 0 radical (unpaired) electrons. The number of fused-ring (bicyclic) bond motifs is 1. The Bertz CT molecular complexity index is 909. The Kier molecular flexibility index (Phi) is 5.18. The second-order valence-electron chi connectivity index (χ2n) is 5.90. The Morgan fingerprint density at radius 2 is 1.88 bits per heavy atom. The molecule has 1 atom stereocenters. The van der Waals surface area contributed by atoms with Gasteiger partial charge in [-0.1, -0.05) is 0 Å². The van der Waals surface area contributed by atoms with Crippen molar-refractivity contribution in [2.45, 2.75) is 13.0 Å². The minimum absolute atomic E-state index is 0.0974. The summed E-state index contributed by atoms with van der Waals surface area (Å²) in [6.45, 7) is 2.21. The van der Waals surface area contributed by atoms with Crippen molar-refractivity contribution in [1.29, 1.82) is 0 Å². The summed E-state index contributed by atoms with van der Waals surface area (Å²) < 4.78 is 39.4. The number of hydrogen-bond donors (Lipinski definition) is 2. The molecule has 0 bridgehead atoms. The van der Waals surface area contributed by atoms with Crippen LogP contribution in [0.15, 0.2) is 42.6 Å². The Morgan fingerprint density at radius 1 is 1.15 bits per heavy atom. The second kappa shape index (κ2) is 7.53. The van der Waals surface area contributed by atoms with Crippen LogP contribution in [-0.2, 0) is 0 Å². The third-order valence-electron chi connectivity index (χ3n) is 3.69. The third kappa shape index (κ3) is 3.83. The molecule has 1 aromatic heterocycles. The van der Waals surface area contributed by atoms with Gasteiger partial charge in [-0.2, -0.15) is 0 Å². The lowest BCUT2D eigenvalue weighted by Crippen LogP contribution is -2.23. The summed E-state index contributed by atoms with van der Waals surface area (Å²) >= 11 is 0. The zero-order valence-corrected chi connectivity index (χ0v) is 14.4. The van der Waals surface area contributed by atoms with E-state index >= 15 is 0 Å². The highest BCUT2D eigenvalue weighted by molar-refractivity contribution is 5.86. The van der Waals surface area contributed by atoms with Crippen LogP contribution in [0.5, 0.6) is 17.2 Å². The van der Waals surface area contributed by atoms with Gasteiger partial charge in [-0.3, -0.25) is 4.98 Å². The number of nitrogens with zero attached hydrogens (tertiary/aromatic N) is 1. The lowest BCUT2D eigenvalue weighted by atomic mass is 10.2. The van der Waals surface area contributed by atoms with Gasteiger partial charge in [0, 0.05) is 48.6 Å². The number of anilines is 1. The summed E-state index contributed by atoms with van der Waals surface area (Å²) in [6.07, 6.45) is 1.50. The van der Waals surface area contributed by atoms with E-state index in [-0.39, 0.29) is 6.04 Å². The topological polar surface area (TPSA) is 69.4 Å². The van der Waals surface area contributed by atoms with E-state index in [4.69, 9.17) is 15.2 Å². The maximum atomic E-state index is 14.2. The SMILES string of the molecule is CNc1cc(F)c(Oc2ccnc3cc(OCC(C)N)ccc23)c(F)c1. The number of nitrogens with one attached hydrogen (secondary N) is 1. The van der Waals surface area contributed by atoms with E-state index in [0.717, 1.165) is 0 Å². The van der Waals surface area contributed by atoms with E-state index in [2.05, 4.69) is 10.3 Å². The van der Waals surface area contributed by atoms with Gasteiger partial charge in [0.25, 0.3) is 0 Å². The van der Waals surface area contributed by atoms with Crippen molar-refractivity contribution in [3.05, 3.63) is 54.2 Å². The second-order valence-corrected chi connectivity index (χ2v) is 5.90. The van der Waals surface area contributed by atoms with Crippen molar-refractivity contribution < 1.29 is 18.3 Å². The molecule has 136 valence electrons. The van der Waals surface area contributed by atoms with Crippen LogP contribution in [0.4, 0.5) is 14.5 Å². The maximum Gasteiger partial charge on any atom is 0.198 e. The van der Waals surface area contributed by atoms with Gasteiger partial charge in [0.05, 0.1) is 5.52 Å². The van der Waals surface area contributed by atoms with Gasteiger partial charge in [0.2, 0.25) is 0 Å². The largest absolute Gasteiger partial charge is 0.492 e. The lowest BCUT2D eigenvalue weighted by Gasteiger charge is -2.13. The molecule has 1 unspecified atom stereocenters. The van der Waals surface area contributed by atoms with E-state index in [9.17, 15) is 8.78 Å². The van der Waals surface area contributed by atoms with Gasteiger partial charge >= 0.3 is 0 Å². The first kappa shape index (κ1) is 17.9. The van der Waals surface area contributed by atoms with E-state index < -0.39 is 17.4 Å². The highest BCUT2D eigenvalue weighted by atomic mass is 19.1. The molecular weight excluding hydrogens is 340 g/mol. The van der Waals surface area contributed by atoms with Gasteiger partial charge in [-0.25, -0.2) is 8.78 Å². The van der Waals surface area contributed by atoms with Crippen LogP contribution >= 0.6 is 0 Å². The van der Waals surface area contributed by atoms with Gasteiger partial charge in [0.1, 0.15) is 18.1 Å². The molecule has 0 spiro atoms. The van der Waals surface area contributed by atoms with Crippen LogP contribution in [-0.4, -0.2) is 24.7 Å². The summed E-state index contributed by atoms with van der Waals surface area (Å²) in [5, 5.41) is 3.30. The molecule has 7 heteroatoms. The highest BCUT2D eigenvalue weighted by Gasteiger charge is 2.15. The molecule has 26 heavy (non-hydrogen) atoms. The predicted molar refractivity (Wildman–Crippen MR) is 96.9 cm³/mol. The first-order valence-corrected chi connectivity index (χ1v) is 8.09. The van der Waals surface area contributed by atoms with Crippen LogP contribution in [0.3, 0.4) is 0 Å². The summed E-state index contributed by atoms with van der Waals surface area (Å²) in [6, 6.07) is 8.97. The number of hydrogen-bond acceptors (Lipinski definition) is 5. The molecule has 2 aromatic carbocycles. The number of ether oxygens (including phenoxy) is 2. The lowest BCUT2D eigenvalue weighted by molar-refractivity contribution is 0.296. The van der Waals surface area contributed by atoms with Crippen LogP contribution in [0.1, 0.15) is 6.92 Å². The number of rotatable bonds is 6. The molecule has 0 saturated heterocycles. The first-order valence-electron chi connectivity index (χ1n) is 8.09. The minimum atomic E-state index is -0.795. The monoisotopic (exact) mass is 359 g/mol. The fourth-order valence-corrected chi connectivity index (χ4v) is 2.42. The fraction of sp³-hybridized carbons (Fsp3) is 0.211. The van der Waals surface area contributed by atoms with Crippen LogP contribution in [0, 0.1) is 11.6 Å². The Balaban J connectivity index is 1.94. The summed E-state index contributed by atoms with van der Waals surface area (Å²) in [5.74, 6) is -1.15. The zero-order valence-electron chi connectivity index (χ0n) is 14.4. The molecule has 1 heterocycles.